The lowest BCUT2D eigenvalue weighted by atomic mass is 10.2. The maximum atomic E-state index is 12.8. The van der Waals surface area contributed by atoms with Gasteiger partial charge in [0.2, 0.25) is 0 Å². The molecule has 10 heteroatoms. The molecule has 0 radical (unpaired) electrons. The molecule has 1 aromatic carbocycles. The Morgan fingerprint density at radius 3 is 2.44 bits per heavy atom. The minimum absolute atomic E-state index is 0.0646. The van der Waals surface area contributed by atoms with Crippen molar-refractivity contribution in [2.75, 3.05) is 0 Å². The molecule has 174 valence electrons. The van der Waals surface area contributed by atoms with E-state index < -0.39 is 23.1 Å². The van der Waals surface area contributed by atoms with Gasteiger partial charge in [-0.2, -0.15) is 0 Å². The van der Waals surface area contributed by atoms with Gasteiger partial charge >= 0.3 is 5.69 Å². The van der Waals surface area contributed by atoms with Gasteiger partial charge in [0.15, 0.2) is 0 Å². The molecule has 0 bridgehead atoms. The molecule has 0 aliphatic rings. The van der Waals surface area contributed by atoms with E-state index in [1.54, 1.807) is 6.07 Å². The first kappa shape index (κ1) is 22.7. The lowest BCUT2D eigenvalue weighted by Gasteiger charge is -2.11. The number of para-hydroxylation sites is 1. The number of pyridine rings is 1. The van der Waals surface area contributed by atoms with Crippen LogP contribution in [0.25, 0.3) is 16.7 Å². The number of aromatic nitrogens is 4. The van der Waals surface area contributed by atoms with Crippen LogP contribution in [-0.2, 0) is 6.54 Å². The Balaban J connectivity index is 1.55. The minimum Gasteiger partial charge on any atom is -0.318 e. The zero-order valence-electron chi connectivity index (χ0n) is 19.0. The van der Waals surface area contributed by atoms with Crippen LogP contribution in [0.1, 0.15) is 45.4 Å². The highest BCUT2D eigenvalue weighted by Crippen LogP contribution is 2.20. The lowest BCUT2D eigenvalue weighted by Crippen LogP contribution is -2.42. The fourth-order valence-electron chi connectivity index (χ4n) is 3.94. The van der Waals surface area contributed by atoms with Crippen LogP contribution in [0.2, 0.25) is 0 Å². The number of nitrogens with one attached hydrogen (secondary N) is 3. The number of carbonyl (C=O) groups excluding carboxylic acids is 2. The van der Waals surface area contributed by atoms with Crippen LogP contribution in [0.15, 0.2) is 58.3 Å². The van der Waals surface area contributed by atoms with Crippen LogP contribution in [-0.4, -0.2) is 30.9 Å². The number of hydrazine groups is 1. The summed E-state index contributed by atoms with van der Waals surface area (Å²) >= 11 is 0. The van der Waals surface area contributed by atoms with E-state index in [1.165, 1.54) is 16.8 Å². The largest absolute Gasteiger partial charge is 0.329 e. The fourth-order valence-corrected chi connectivity index (χ4v) is 3.94. The third kappa shape index (κ3) is 4.13. The van der Waals surface area contributed by atoms with Gasteiger partial charge in [0.05, 0.1) is 16.5 Å². The van der Waals surface area contributed by atoms with Crippen LogP contribution in [0, 0.1) is 13.8 Å². The Bertz CT molecular complexity index is 1510. The number of benzene rings is 1. The van der Waals surface area contributed by atoms with Gasteiger partial charge in [0, 0.05) is 29.8 Å². The third-order valence-electron chi connectivity index (χ3n) is 5.52. The van der Waals surface area contributed by atoms with Gasteiger partial charge in [-0.3, -0.25) is 34.8 Å². The van der Waals surface area contributed by atoms with E-state index in [-0.39, 0.29) is 16.6 Å². The average Bonchev–Trinajstić information content (AvgIpc) is 3.14. The smallest absolute Gasteiger partial charge is 0.318 e. The van der Waals surface area contributed by atoms with Gasteiger partial charge in [-0.15, -0.1) is 0 Å². The summed E-state index contributed by atoms with van der Waals surface area (Å²) < 4.78 is 3.30. The quantitative estimate of drug-likeness (QED) is 0.392. The summed E-state index contributed by atoms with van der Waals surface area (Å²) in [6, 6.07) is 12.7. The van der Waals surface area contributed by atoms with Crippen LogP contribution >= 0.6 is 0 Å². The van der Waals surface area contributed by atoms with E-state index in [0.717, 1.165) is 17.1 Å². The normalized spacial score (nSPS) is 10.9. The van der Waals surface area contributed by atoms with E-state index in [0.29, 0.717) is 18.5 Å². The van der Waals surface area contributed by atoms with E-state index in [1.807, 2.05) is 55.7 Å². The molecule has 3 N–H and O–H groups in total. The van der Waals surface area contributed by atoms with Gasteiger partial charge in [-0.1, -0.05) is 25.1 Å². The summed E-state index contributed by atoms with van der Waals surface area (Å²) in [5, 5.41) is 0.110. The number of amides is 2. The number of nitrogens with zero attached hydrogens (tertiary/aromatic N) is 3. The first-order valence-electron chi connectivity index (χ1n) is 10.8. The first-order chi connectivity index (χ1) is 16.3. The number of hydrogen-bond acceptors (Lipinski definition) is 5. The van der Waals surface area contributed by atoms with Gasteiger partial charge in [0.1, 0.15) is 5.65 Å². The number of hydrogen-bond donors (Lipinski definition) is 3. The van der Waals surface area contributed by atoms with Crippen molar-refractivity contribution in [3.05, 3.63) is 92.0 Å². The van der Waals surface area contributed by atoms with Crippen molar-refractivity contribution < 1.29 is 9.59 Å². The molecule has 0 saturated carbocycles. The molecule has 0 spiro atoms. The number of aryl methyl sites for hydroxylation is 2. The second kappa shape index (κ2) is 9.18. The van der Waals surface area contributed by atoms with Crippen molar-refractivity contribution >= 4 is 22.8 Å². The van der Waals surface area contributed by atoms with Crippen LogP contribution in [0.3, 0.4) is 0 Å². The second-order valence-corrected chi connectivity index (χ2v) is 7.87. The number of H-pyrrole nitrogens is 1. The van der Waals surface area contributed by atoms with Crippen LogP contribution in [0.4, 0.5) is 0 Å². The van der Waals surface area contributed by atoms with E-state index in [9.17, 15) is 19.2 Å². The number of carbonyl (C=O) groups is 2. The number of aromatic amines is 1. The summed E-state index contributed by atoms with van der Waals surface area (Å²) in [5.41, 5.74) is 6.79. The summed E-state index contributed by atoms with van der Waals surface area (Å²) in [7, 11) is 0. The highest BCUT2D eigenvalue weighted by Gasteiger charge is 2.18. The highest BCUT2D eigenvalue weighted by atomic mass is 16.2. The maximum absolute atomic E-state index is 12.8. The zero-order valence-corrected chi connectivity index (χ0v) is 19.0. The summed E-state index contributed by atoms with van der Waals surface area (Å²) in [6.45, 7) is 5.99. The Hall–Kier alpha value is -4.47. The van der Waals surface area contributed by atoms with Gasteiger partial charge in [-0.25, -0.2) is 9.78 Å². The van der Waals surface area contributed by atoms with E-state index in [2.05, 4.69) is 20.8 Å². The lowest BCUT2D eigenvalue weighted by molar-refractivity contribution is 0.0846. The third-order valence-corrected chi connectivity index (χ3v) is 5.52. The van der Waals surface area contributed by atoms with E-state index >= 15 is 0 Å². The first-order valence-corrected chi connectivity index (χ1v) is 10.8. The van der Waals surface area contributed by atoms with Gasteiger partial charge in [0.25, 0.3) is 17.4 Å². The van der Waals surface area contributed by atoms with Crippen molar-refractivity contribution in [2.45, 2.75) is 33.7 Å². The molecule has 0 saturated heterocycles. The molecule has 2 amide bonds. The molecule has 0 aliphatic carbocycles. The number of fused-ring (bicyclic) bond motifs is 1. The highest BCUT2D eigenvalue weighted by molar-refractivity contribution is 6.00. The second-order valence-electron chi connectivity index (χ2n) is 7.87. The van der Waals surface area contributed by atoms with Crippen LogP contribution in [0.5, 0.6) is 0 Å². The summed E-state index contributed by atoms with van der Waals surface area (Å²) in [4.78, 5) is 56.1. The molecule has 0 fully saturated rings. The Morgan fingerprint density at radius 1 is 1.03 bits per heavy atom. The molecule has 3 heterocycles. The molecule has 10 nitrogen and oxygen atoms in total. The van der Waals surface area contributed by atoms with Crippen LogP contribution < -0.4 is 22.1 Å². The zero-order chi connectivity index (χ0) is 24.4. The molecular weight excluding hydrogens is 436 g/mol. The van der Waals surface area contributed by atoms with Crippen molar-refractivity contribution in [1.82, 2.24) is 30.0 Å². The van der Waals surface area contributed by atoms with Crippen molar-refractivity contribution in [3.8, 4) is 5.69 Å². The summed E-state index contributed by atoms with van der Waals surface area (Å²) in [6.07, 6.45) is 1.93. The average molecular weight is 460 g/mol. The Morgan fingerprint density at radius 2 is 1.74 bits per heavy atom. The van der Waals surface area contributed by atoms with Gasteiger partial charge < -0.3 is 4.57 Å². The Kier molecular flexibility index (Phi) is 6.13. The predicted octanol–water partition coefficient (Wildman–Crippen LogP) is 1.98. The predicted molar refractivity (Wildman–Crippen MR) is 127 cm³/mol. The maximum Gasteiger partial charge on any atom is 0.329 e. The molecule has 3 aromatic heterocycles. The monoisotopic (exact) mass is 460 g/mol. The summed E-state index contributed by atoms with van der Waals surface area (Å²) in [5.74, 6) is -1.13. The van der Waals surface area contributed by atoms with Gasteiger partial charge in [-0.05, 0) is 44.5 Å². The van der Waals surface area contributed by atoms with E-state index in [4.69, 9.17) is 0 Å². The molecule has 0 unspecified atom stereocenters. The standard InChI is InChI=1S/C24H24N6O4/c1-4-10-29-20-19(22(32)26-24(29)34)12-16(13-25-20)21(31)27-28-23(33)18-11-14(2)30(15(18)3)17-8-6-5-7-9-17/h5-9,11-13H,4,10H2,1-3H3,(H,27,31)(H,28,33)(H,26,32,34). The number of rotatable bonds is 5. The molecule has 4 aromatic rings. The molecule has 0 aliphatic heterocycles. The molecular formula is C24H24N6O4. The van der Waals surface area contributed by atoms with Crippen molar-refractivity contribution in [2.24, 2.45) is 0 Å². The minimum atomic E-state index is -0.646. The fraction of sp³-hybridized carbons (Fsp3) is 0.208. The molecule has 0 atom stereocenters. The Labute approximate surface area is 194 Å². The topological polar surface area (TPSA) is 131 Å². The van der Waals surface area contributed by atoms with Crippen molar-refractivity contribution in [3.63, 3.8) is 0 Å². The SMILES string of the molecule is CCCn1c(=O)[nH]c(=O)c2cc(C(=O)NNC(=O)c3cc(C)n(-c4ccccc4)c3C)cnc21. The molecule has 4 rings (SSSR count). The van der Waals surface area contributed by atoms with Crippen molar-refractivity contribution in [1.29, 1.82) is 0 Å². The molecule has 34 heavy (non-hydrogen) atoms.